The highest BCUT2D eigenvalue weighted by molar-refractivity contribution is 4.83. The first-order valence-corrected chi connectivity index (χ1v) is 8.74. The predicted molar refractivity (Wildman–Crippen MR) is 85.0 cm³/mol. The molecule has 2 aliphatic rings. The van der Waals surface area contributed by atoms with Gasteiger partial charge in [-0.05, 0) is 57.2 Å². The zero-order valence-corrected chi connectivity index (χ0v) is 13.7. The number of ether oxygens (including phenoxy) is 1. The molecule has 118 valence electrons. The quantitative estimate of drug-likeness (QED) is 0.839. The maximum absolute atomic E-state index is 5.72. The van der Waals surface area contributed by atoms with E-state index in [-0.39, 0.29) is 0 Å². The second-order valence-electron chi connectivity index (χ2n) is 7.02. The van der Waals surface area contributed by atoms with Crippen LogP contribution in [0, 0.1) is 17.8 Å². The summed E-state index contributed by atoms with van der Waals surface area (Å²) in [6.07, 6.45) is 5.37. The molecule has 3 heteroatoms. The number of nitrogens with zero attached hydrogens (tertiary/aromatic N) is 1. The van der Waals surface area contributed by atoms with E-state index in [1.165, 1.54) is 45.3 Å². The minimum absolute atomic E-state index is 0.665. The van der Waals surface area contributed by atoms with Gasteiger partial charge in [0, 0.05) is 25.1 Å². The zero-order valence-electron chi connectivity index (χ0n) is 13.7. The maximum Gasteiger partial charge on any atom is 0.0521 e. The average Bonchev–Trinajstić information content (AvgIpc) is 2.67. The molecule has 0 aromatic heterocycles. The van der Waals surface area contributed by atoms with Gasteiger partial charge in [0.2, 0.25) is 0 Å². The Bertz CT molecular complexity index is 268. The van der Waals surface area contributed by atoms with Crippen molar-refractivity contribution in [3.05, 3.63) is 0 Å². The monoisotopic (exact) mass is 282 g/mol. The first-order chi connectivity index (χ1) is 9.70. The Morgan fingerprint density at radius 3 is 2.80 bits per heavy atom. The summed E-state index contributed by atoms with van der Waals surface area (Å²) < 4.78 is 5.72. The lowest BCUT2D eigenvalue weighted by atomic mass is 9.89. The molecule has 0 aromatic rings. The van der Waals surface area contributed by atoms with Crippen LogP contribution in [0.4, 0.5) is 0 Å². The van der Waals surface area contributed by atoms with Crippen molar-refractivity contribution in [2.75, 3.05) is 39.4 Å². The maximum atomic E-state index is 5.72. The Balaban J connectivity index is 1.82. The van der Waals surface area contributed by atoms with Gasteiger partial charge in [0.05, 0.1) is 6.61 Å². The molecule has 2 aliphatic heterocycles. The molecule has 0 amide bonds. The molecule has 3 atom stereocenters. The lowest BCUT2D eigenvalue weighted by molar-refractivity contribution is 0.0172. The van der Waals surface area contributed by atoms with Crippen molar-refractivity contribution in [2.24, 2.45) is 17.8 Å². The van der Waals surface area contributed by atoms with Gasteiger partial charge in [0.15, 0.2) is 0 Å². The summed E-state index contributed by atoms with van der Waals surface area (Å²) in [5.74, 6) is 2.47. The van der Waals surface area contributed by atoms with Crippen LogP contribution in [0.2, 0.25) is 0 Å². The van der Waals surface area contributed by atoms with Crippen molar-refractivity contribution in [2.45, 2.75) is 52.5 Å². The number of hydrogen-bond acceptors (Lipinski definition) is 3. The van der Waals surface area contributed by atoms with Crippen LogP contribution >= 0.6 is 0 Å². The van der Waals surface area contributed by atoms with Crippen molar-refractivity contribution in [3.8, 4) is 0 Å². The van der Waals surface area contributed by atoms with Gasteiger partial charge in [-0.2, -0.15) is 0 Å². The van der Waals surface area contributed by atoms with E-state index < -0.39 is 0 Å². The molecule has 0 aliphatic carbocycles. The van der Waals surface area contributed by atoms with Crippen LogP contribution in [-0.4, -0.2) is 50.3 Å². The van der Waals surface area contributed by atoms with Crippen LogP contribution in [0.5, 0.6) is 0 Å². The molecular formula is C17H34N2O. The first kappa shape index (κ1) is 16.3. The summed E-state index contributed by atoms with van der Waals surface area (Å²) in [7, 11) is 0. The lowest BCUT2D eigenvalue weighted by Crippen LogP contribution is -2.48. The smallest absolute Gasteiger partial charge is 0.0521 e. The molecular weight excluding hydrogens is 248 g/mol. The minimum Gasteiger partial charge on any atom is -0.381 e. The fourth-order valence-electron chi connectivity index (χ4n) is 3.87. The predicted octanol–water partition coefficient (Wildman–Crippen LogP) is 2.76. The highest BCUT2D eigenvalue weighted by atomic mass is 16.5. The summed E-state index contributed by atoms with van der Waals surface area (Å²) in [5, 5.41) is 3.66. The number of rotatable bonds is 5. The van der Waals surface area contributed by atoms with Gasteiger partial charge in [0.25, 0.3) is 0 Å². The third-order valence-electron chi connectivity index (χ3n) is 5.24. The molecule has 0 saturated carbocycles. The summed E-state index contributed by atoms with van der Waals surface area (Å²) in [4.78, 5) is 2.70. The van der Waals surface area contributed by atoms with E-state index in [0.29, 0.717) is 12.0 Å². The second kappa shape index (κ2) is 8.35. The van der Waals surface area contributed by atoms with Crippen LogP contribution in [0.3, 0.4) is 0 Å². The molecule has 0 spiro atoms. The summed E-state index contributed by atoms with van der Waals surface area (Å²) in [6, 6.07) is 0.665. The number of hydrogen-bond donors (Lipinski definition) is 1. The van der Waals surface area contributed by atoms with E-state index in [4.69, 9.17) is 4.74 Å². The Morgan fingerprint density at radius 2 is 2.05 bits per heavy atom. The number of nitrogens with one attached hydrogen (secondary N) is 1. The van der Waals surface area contributed by atoms with Gasteiger partial charge in [-0.1, -0.05) is 20.8 Å². The van der Waals surface area contributed by atoms with Gasteiger partial charge in [-0.15, -0.1) is 0 Å². The zero-order chi connectivity index (χ0) is 14.4. The van der Waals surface area contributed by atoms with Crippen LogP contribution < -0.4 is 5.32 Å². The van der Waals surface area contributed by atoms with Gasteiger partial charge >= 0.3 is 0 Å². The SMILES string of the molecule is CCNC1CCOCC1CN1CCCC(C(C)C)CC1. The van der Waals surface area contributed by atoms with E-state index in [1.54, 1.807) is 0 Å². The molecule has 2 rings (SSSR count). The third kappa shape index (κ3) is 4.71. The molecule has 2 fully saturated rings. The van der Waals surface area contributed by atoms with Gasteiger partial charge in [-0.3, -0.25) is 0 Å². The summed E-state index contributed by atoms with van der Waals surface area (Å²) in [5.41, 5.74) is 0. The van der Waals surface area contributed by atoms with Crippen molar-refractivity contribution >= 4 is 0 Å². The Hall–Kier alpha value is -0.120. The summed E-state index contributed by atoms with van der Waals surface area (Å²) >= 11 is 0. The normalized spacial score (nSPS) is 33.3. The molecule has 20 heavy (non-hydrogen) atoms. The van der Waals surface area contributed by atoms with E-state index in [0.717, 1.165) is 31.6 Å². The van der Waals surface area contributed by atoms with Gasteiger partial charge in [0.1, 0.15) is 0 Å². The fraction of sp³-hybridized carbons (Fsp3) is 1.00. The second-order valence-corrected chi connectivity index (χ2v) is 7.02. The Kier molecular flexibility index (Phi) is 6.79. The molecule has 3 unspecified atom stereocenters. The van der Waals surface area contributed by atoms with Crippen LogP contribution in [0.1, 0.15) is 46.5 Å². The van der Waals surface area contributed by atoms with Crippen molar-refractivity contribution < 1.29 is 4.74 Å². The van der Waals surface area contributed by atoms with Crippen LogP contribution in [0.15, 0.2) is 0 Å². The van der Waals surface area contributed by atoms with E-state index >= 15 is 0 Å². The largest absolute Gasteiger partial charge is 0.381 e. The highest BCUT2D eigenvalue weighted by Gasteiger charge is 2.28. The third-order valence-corrected chi connectivity index (χ3v) is 5.24. The van der Waals surface area contributed by atoms with Crippen molar-refractivity contribution in [1.29, 1.82) is 0 Å². The minimum atomic E-state index is 0.665. The van der Waals surface area contributed by atoms with Crippen LogP contribution in [0.25, 0.3) is 0 Å². The molecule has 3 nitrogen and oxygen atoms in total. The standard InChI is InChI=1S/C17H34N2O/c1-4-18-17-8-11-20-13-16(17)12-19-9-5-6-15(7-10-19)14(2)3/h14-18H,4-13H2,1-3H3. The van der Waals surface area contributed by atoms with Crippen molar-refractivity contribution in [3.63, 3.8) is 0 Å². The highest BCUT2D eigenvalue weighted by Crippen LogP contribution is 2.25. The first-order valence-electron chi connectivity index (χ1n) is 8.74. The number of likely N-dealkylation sites (tertiary alicyclic amines) is 1. The average molecular weight is 282 g/mol. The molecule has 1 N–H and O–H groups in total. The Morgan fingerprint density at radius 1 is 1.20 bits per heavy atom. The van der Waals surface area contributed by atoms with E-state index in [9.17, 15) is 0 Å². The van der Waals surface area contributed by atoms with Crippen molar-refractivity contribution in [1.82, 2.24) is 10.2 Å². The molecule has 0 bridgehead atoms. The van der Waals surface area contributed by atoms with Gasteiger partial charge in [-0.25, -0.2) is 0 Å². The topological polar surface area (TPSA) is 24.5 Å². The molecule has 0 aromatic carbocycles. The van der Waals surface area contributed by atoms with E-state index in [1.807, 2.05) is 0 Å². The van der Waals surface area contributed by atoms with Crippen LogP contribution in [-0.2, 0) is 4.74 Å². The summed E-state index contributed by atoms with van der Waals surface area (Å²) in [6.45, 7) is 13.7. The molecule has 0 radical (unpaired) electrons. The molecule has 2 heterocycles. The van der Waals surface area contributed by atoms with E-state index in [2.05, 4.69) is 31.0 Å². The van der Waals surface area contributed by atoms with Gasteiger partial charge < -0.3 is 15.0 Å². The fourth-order valence-corrected chi connectivity index (χ4v) is 3.87. The molecule has 2 saturated heterocycles. The Labute approximate surface area is 125 Å². The lowest BCUT2D eigenvalue weighted by Gasteiger charge is -2.35.